The van der Waals surface area contributed by atoms with Gasteiger partial charge in [-0.05, 0) is 29.8 Å². The summed E-state index contributed by atoms with van der Waals surface area (Å²) in [5.41, 5.74) is 4.43. The summed E-state index contributed by atoms with van der Waals surface area (Å²) in [5.74, 6) is 0.464. The second kappa shape index (κ2) is 7.74. The molecule has 6 heteroatoms. The van der Waals surface area contributed by atoms with Crippen molar-refractivity contribution in [3.63, 3.8) is 0 Å². The van der Waals surface area contributed by atoms with Crippen molar-refractivity contribution in [3.8, 4) is 22.5 Å². The summed E-state index contributed by atoms with van der Waals surface area (Å²) in [5, 5.41) is 11.9. The van der Waals surface area contributed by atoms with Gasteiger partial charge in [0.15, 0.2) is 13.1 Å². The van der Waals surface area contributed by atoms with Crippen LogP contribution >= 0.6 is 0 Å². The highest BCUT2D eigenvalue weighted by atomic mass is 16.4. The molecule has 3 heterocycles. The van der Waals surface area contributed by atoms with Crippen LogP contribution in [0.3, 0.4) is 0 Å². The van der Waals surface area contributed by atoms with E-state index in [1.807, 2.05) is 36.4 Å². The van der Waals surface area contributed by atoms with Crippen LogP contribution in [0.15, 0.2) is 65.1 Å². The van der Waals surface area contributed by atoms with E-state index >= 15 is 0 Å². The quantitative estimate of drug-likeness (QED) is 0.285. The molecule has 0 amide bonds. The molecule has 2 aromatic carbocycles. The molecule has 2 fully saturated rings. The van der Waals surface area contributed by atoms with E-state index < -0.39 is 5.97 Å². The fourth-order valence-corrected chi connectivity index (χ4v) is 5.10. The SMILES string of the molecule is [C-]#[N+]C1CN(c2ccc3c(-c4ccccc4C(=O)O)c4ccc(=[N+]5CC(C)C5)cc-4oc3c2)C1. The average molecular weight is 451 g/mol. The molecular formula is C28H24N3O3+. The number of hydrogen-bond donors (Lipinski definition) is 1. The highest BCUT2D eigenvalue weighted by Gasteiger charge is 2.32. The molecule has 3 aliphatic heterocycles. The van der Waals surface area contributed by atoms with Crippen LogP contribution in [0.5, 0.6) is 0 Å². The number of nitrogens with zero attached hydrogens (tertiary/aromatic N) is 3. The first-order chi connectivity index (χ1) is 16.5. The molecular weight excluding hydrogens is 426 g/mol. The fourth-order valence-electron chi connectivity index (χ4n) is 5.10. The number of carbonyl (C=O) groups is 1. The molecule has 0 bridgehead atoms. The highest BCUT2D eigenvalue weighted by molar-refractivity contribution is 6.07. The molecule has 1 aliphatic carbocycles. The van der Waals surface area contributed by atoms with E-state index in [9.17, 15) is 9.90 Å². The van der Waals surface area contributed by atoms with Gasteiger partial charge in [0.2, 0.25) is 5.36 Å². The topological polar surface area (TPSA) is 61.1 Å². The molecule has 0 spiro atoms. The number of aromatic carboxylic acids is 1. The number of carboxylic acids is 1. The van der Waals surface area contributed by atoms with Gasteiger partial charge in [0.25, 0.3) is 6.04 Å². The van der Waals surface area contributed by atoms with Crippen molar-refractivity contribution in [1.82, 2.24) is 4.58 Å². The van der Waals surface area contributed by atoms with E-state index in [0.717, 1.165) is 46.4 Å². The third-order valence-corrected chi connectivity index (χ3v) is 6.96. The van der Waals surface area contributed by atoms with E-state index in [0.29, 0.717) is 30.2 Å². The molecule has 0 radical (unpaired) electrons. The van der Waals surface area contributed by atoms with Crippen molar-refractivity contribution in [3.05, 3.63) is 83.0 Å². The maximum Gasteiger partial charge on any atom is 0.336 e. The van der Waals surface area contributed by atoms with Crippen LogP contribution in [-0.2, 0) is 0 Å². The van der Waals surface area contributed by atoms with Gasteiger partial charge in [0.1, 0.15) is 11.3 Å². The van der Waals surface area contributed by atoms with Crippen LogP contribution in [0.4, 0.5) is 5.69 Å². The van der Waals surface area contributed by atoms with E-state index in [1.54, 1.807) is 12.1 Å². The van der Waals surface area contributed by atoms with Gasteiger partial charge in [-0.25, -0.2) is 15.9 Å². The molecule has 0 unspecified atom stereocenters. The first-order valence-electron chi connectivity index (χ1n) is 11.5. The van der Waals surface area contributed by atoms with Crippen LogP contribution in [0, 0.1) is 12.5 Å². The van der Waals surface area contributed by atoms with Gasteiger partial charge in [0.05, 0.1) is 30.6 Å². The minimum atomic E-state index is -0.953. The summed E-state index contributed by atoms with van der Waals surface area (Å²) in [6, 6.07) is 19.5. The normalized spacial score (nSPS) is 17.9. The van der Waals surface area contributed by atoms with Crippen molar-refractivity contribution < 1.29 is 14.3 Å². The summed E-state index contributed by atoms with van der Waals surface area (Å²) in [6.07, 6.45) is 0. The molecule has 6 nitrogen and oxygen atoms in total. The molecule has 34 heavy (non-hydrogen) atoms. The fraction of sp³-hybridized carbons (Fsp3) is 0.250. The Morgan fingerprint density at radius 1 is 1.09 bits per heavy atom. The minimum Gasteiger partial charge on any atom is -0.478 e. The monoisotopic (exact) mass is 450 g/mol. The van der Waals surface area contributed by atoms with Crippen LogP contribution in [0.25, 0.3) is 38.3 Å². The second-order valence-electron chi connectivity index (χ2n) is 9.39. The molecule has 6 rings (SSSR count). The zero-order chi connectivity index (χ0) is 23.4. The zero-order valence-corrected chi connectivity index (χ0v) is 18.9. The maximum absolute atomic E-state index is 12.1. The van der Waals surface area contributed by atoms with Gasteiger partial charge in [-0.1, -0.05) is 25.1 Å². The smallest absolute Gasteiger partial charge is 0.336 e. The van der Waals surface area contributed by atoms with Crippen molar-refractivity contribution in [2.45, 2.75) is 13.0 Å². The second-order valence-corrected chi connectivity index (χ2v) is 9.39. The molecule has 0 aromatic heterocycles. The van der Waals surface area contributed by atoms with Crippen molar-refractivity contribution in [2.75, 3.05) is 31.1 Å². The minimum absolute atomic E-state index is 0.0451. The number of anilines is 1. The van der Waals surface area contributed by atoms with Crippen LogP contribution in [-0.4, -0.2) is 43.3 Å². The zero-order valence-electron chi connectivity index (χ0n) is 18.9. The van der Waals surface area contributed by atoms with E-state index in [4.69, 9.17) is 11.0 Å². The maximum atomic E-state index is 12.1. The average Bonchev–Trinajstić information content (AvgIpc) is 2.79. The largest absolute Gasteiger partial charge is 0.478 e. The molecule has 4 aliphatic rings. The Bertz CT molecular complexity index is 1530. The Balaban J connectivity index is 1.61. The van der Waals surface area contributed by atoms with Crippen LogP contribution in [0.1, 0.15) is 17.3 Å². The number of carboxylic acid groups (broad SMARTS) is 1. The van der Waals surface area contributed by atoms with Crippen molar-refractivity contribution in [2.24, 2.45) is 5.92 Å². The molecule has 2 saturated heterocycles. The molecule has 1 N–H and O–H groups in total. The Morgan fingerprint density at radius 3 is 2.62 bits per heavy atom. The first kappa shape index (κ1) is 20.5. The molecule has 0 atom stereocenters. The van der Waals surface area contributed by atoms with Crippen molar-refractivity contribution in [1.29, 1.82) is 0 Å². The van der Waals surface area contributed by atoms with Crippen LogP contribution in [0.2, 0.25) is 0 Å². The summed E-state index contributed by atoms with van der Waals surface area (Å²) >= 11 is 0. The summed E-state index contributed by atoms with van der Waals surface area (Å²) in [4.78, 5) is 17.9. The number of benzene rings is 3. The van der Waals surface area contributed by atoms with E-state index in [-0.39, 0.29) is 11.6 Å². The van der Waals surface area contributed by atoms with E-state index in [2.05, 4.69) is 33.4 Å². The highest BCUT2D eigenvalue weighted by Crippen LogP contribution is 2.42. The van der Waals surface area contributed by atoms with Crippen molar-refractivity contribution >= 4 is 22.6 Å². The van der Waals surface area contributed by atoms with Crippen LogP contribution < -0.4 is 14.8 Å². The Morgan fingerprint density at radius 2 is 1.88 bits per heavy atom. The molecule has 0 saturated carbocycles. The first-order valence-corrected chi connectivity index (χ1v) is 11.5. The molecule has 168 valence electrons. The standard InChI is InChI=1S/C28H23N3O3/c1-17-13-30(14-17)19-7-9-23-25(11-19)34-26-12-20(31-15-18(16-31)29-2)8-10-24(26)27(23)21-5-3-4-6-22(21)28(32)33/h3-12,17-18H,13-16H2,1H3/p+1. The lowest BCUT2D eigenvalue weighted by molar-refractivity contribution is 0.0697. The van der Waals surface area contributed by atoms with E-state index in [1.165, 1.54) is 0 Å². The summed E-state index contributed by atoms with van der Waals surface area (Å²) < 4.78 is 8.78. The Labute approximate surface area is 197 Å². The lowest BCUT2D eigenvalue weighted by Gasteiger charge is -2.33. The third kappa shape index (κ3) is 3.24. The molecule has 2 aromatic rings. The van der Waals surface area contributed by atoms with Gasteiger partial charge in [-0.2, -0.15) is 0 Å². The summed E-state index contributed by atoms with van der Waals surface area (Å²) in [7, 11) is 0. The Kier molecular flexibility index (Phi) is 4.66. The third-order valence-electron chi connectivity index (χ3n) is 6.96. The predicted octanol–water partition coefficient (Wildman–Crippen LogP) is 4.43. The number of rotatable bonds is 3. The lowest BCUT2D eigenvalue weighted by atomic mass is 9.90. The number of fused-ring (bicyclic) bond motifs is 2. The van der Waals surface area contributed by atoms with Gasteiger partial charge in [-0.3, -0.25) is 0 Å². The lowest BCUT2D eigenvalue weighted by Crippen LogP contribution is -2.49. The van der Waals surface area contributed by atoms with Gasteiger partial charge in [-0.15, -0.1) is 0 Å². The van der Waals surface area contributed by atoms with Gasteiger partial charge < -0.3 is 19.3 Å². The predicted molar refractivity (Wildman–Crippen MR) is 132 cm³/mol. The Hall–Kier alpha value is -4.11. The summed E-state index contributed by atoms with van der Waals surface area (Å²) in [6.45, 7) is 12.9. The van der Waals surface area contributed by atoms with Gasteiger partial charge >= 0.3 is 5.97 Å². The number of hydrogen-bond acceptors (Lipinski definition) is 3. The van der Waals surface area contributed by atoms with Gasteiger partial charge in [0, 0.05) is 34.3 Å².